The van der Waals surface area contributed by atoms with Gasteiger partial charge in [0.15, 0.2) is 0 Å². The first-order valence-electron chi connectivity index (χ1n) is 5.94. The molecule has 3 heteroatoms. The third-order valence-corrected chi connectivity index (χ3v) is 2.42. The molecule has 0 rings (SSSR count). The first-order valence-corrected chi connectivity index (χ1v) is 5.94. The summed E-state index contributed by atoms with van der Waals surface area (Å²) in [6.07, 6.45) is 4.50. The lowest BCUT2D eigenvalue weighted by Crippen LogP contribution is -2.43. The van der Waals surface area contributed by atoms with Crippen molar-refractivity contribution in [3.63, 3.8) is 0 Å². The average molecular weight is 214 g/mol. The van der Waals surface area contributed by atoms with Crippen LogP contribution in [0.2, 0.25) is 0 Å². The lowest BCUT2D eigenvalue weighted by atomic mass is 9.98. The Bertz CT molecular complexity index is 188. The van der Waals surface area contributed by atoms with Gasteiger partial charge in [-0.3, -0.25) is 4.79 Å². The predicted molar refractivity (Wildman–Crippen MR) is 64.6 cm³/mol. The number of nitrogens with two attached hydrogens (primary N) is 1. The number of carbonyl (C=O) groups is 1. The van der Waals surface area contributed by atoms with Crippen LogP contribution in [0.5, 0.6) is 0 Å². The van der Waals surface area contributed by atoms with E-state index in [-0.39, 0.29) is 17.5 Å². The van der Waals surface area contributed by atoms with Crippen LogP contribution >= 0.6 is 0 Å². The molecule has 0 aromatic heterocycles. The van der Waals surface area contributed by atoms with Gasteiger partial charge in [-0.15, -0.1) is 0 Å². The zero-order chi connectivity index (χ0) is 11.9. The fraction of sp³-hybridized carbons (Fsp3) is 0.917. The summed E-state index contributed by atoms with van der Waals surface area (Å²) in [5.41, 5.74) is 5.55. The molecule has 0 aromatic rings. The first kappa shape index (κ1) is 14.4. The SMILES string of the molecule is CCCC(C)(C)NC(=O)CCCC(C)N. The Morgan fingerprint density at radius 3 is 2.53 bits per heavy atom. The van der Waals surface area contributed by atoms with Crippen molar-refractivity contribution in [1.82, 2.24) is 5.32 Å². The van der Waals surface area contributed by atoms with Crippen molar-refractivity contribution >= 4 is 5.91 Å². The van der Waals surface area contributed by atoms with Gasteiger partial charge in [0.25, 0.3) is 0 Å². The Morgan fingerprint density at radius 1 is 1.47 bits per heavy atom. The summed E-state index contributed by atoms with van der Waals surface area (Å²) < 4.78 is 0. The van der Waals surface area contributed by atoms with Crippen LogP contribution in [0.15, 0.2) is 0 Å². The molecule has 0 heterocycles. The molecule has 0 aromatic carbocycles. The summed E-state index contributed by atoms with van der Waals surface area (Å²) in [6, 6.07) is 0.196. The molecule has 1 atom stereocenters. The number of hydrogen-bond donors (Lipinski definition) is 2. The lowest BCUT2D eigenvalue weighted by molar-refractivity contribution is -0.122. The van der Waals surface area contributed by atoms with E-state index in [1.165, 1.54) is 0 Å². The standard InChI is InChI=1S/C12H26N2O/c1-5-9-12(3,4)14-11(15)8-6-7-10(2)13/h10H,5-9,13H2,1-4H3,(H,14,15). The molecule has 0 aliphatic heterocycles. The van der Waals surface area contributed by atoms with Crippen molar-refractivity contribution in [2.45, 2.75) is 71.4 Å². The topological polar surface area (TPSA) is 55.1 Å². The van der Waals surface area contributed by atoms with Crippen LogP contribution in [0.4, 0.5) is 0 Å². The van der Waals surface area contributed by atoms with E-state index < -0.39 is 0 Å². The Balaban J connectivity index is 3.73. The van der Waals surface area contributed by atoms with E-state index >= 15 is 0 Å². The van der Waals surface area contributed by atoms with Crippen LogP contribution in [0.1, 0.15) is 59.8 Å². The largest absolute Gasteiger partial charge is 0.351 e. The zero-order valence-corrected chi connectivity index (χ0v) is 10.6. The predicted octanol–water partition coefficient (Wildman–Crippen LogP) is 2.20. The molecule has 1 amide bonds. The molecule has 0 saturated carbocycles. The molecule has 0 spiro atoms. The molecule has 0 aliphatic rings. The second kappa shape index (κ2) is 6.83. The number of hydrogen-bond acceptors (Lipinski definition) is 2. The van der Waals surface area contributed by atoms with Crippen LogP contribution in [0, 0.1) is 0 Å². The molecule has 15 heavy (non-hydrogen) atoms. The normalized spacial score (nSPS) is 13.7. The highest BCUT2D eigenvalue weighted by Gasteiger charge is 2.18. The van der Waals surface area contributed by atoms with E-state index in [0.29, 0.717) is 6.42 Å². The van der Waals surface area contributed by atoms with Crippen LogP contribution < -0.4 is 11.1 Å². The number of amides is 1. The Morgan fingerprint density at radius 2 is 2.07 bits per heavy atom. The van der Waals surface area contributed by atoms with E-state index in [0.717, 1.165) is 25.7 Å². The summed E-state index contributed by atoms with van der Waals surface area (Å²) in [5, 5.41) is 3.05. The van der Waals surface area contributed by atoms with E-state index in [4.69, 9.17) is 5.73 Å². The summed E-state index contributed by atoms with van der Waals surface area (Å²) in [7, 11) is 0. The van der Waals surface area contributed by atoms with Gasteiger partial charge < -0.3 is 11.1 Å². The highest BCUT2D eigenvalue weighted by atomic mass is 16.1. The fourth-order valence-corrected chi connectivity index (χ4v) is 1.71. The summed E-state index contributed by atoms with van der Waals surface area (Å²) in [4.78, 5) is 11.6. The molecule has 0 aliphatic carbocycles. The van der Waals surface area contributed by atoms with Crippen molar-refractivity contribution in [3.8, 4) is 0 Å². The second-order valence-corrected chi connectivity index (χ2v) is 5.05. The molecule has 0 bridgehead atoms. The maximum atomic E-state index is 11.6. The number of rotatable bonds is 7. The third kappa shape index (κ3) is 8.43. The van der Waals surface area contributed by atoms with Gasteiger partial charge in [-0.1, -0.05) is 13.3 Å². The van der Waals surface area contributed by atoms with Gasteiger partial charge in [-0.25, -0.2) is 0 Å². The van der Waals surface area contributed by atoms with E-state index in [1.54, 1.807) is 0 Å². The number of carbonyl (C=O) groups excluding carboxylic acids is 1. The summed E-state index contributed by atoms with van der Waals surface area (Å²) >= 11 is 0. The van der Waals surface area contributed by atoms with Gasteiger partial charge in [0, 0.05) is 18.0 Å². The highest BCUT2D eigenvalue weighted by Crippen LogP contribution is 2.11. The zero-order valence-electron chi connectivity index (χ0n) is 10.6. The monoisotopic (exact) mass is 214 g/mol. The number of nitrogens with one attached hydrogen (secondary N) is 1. The quantitative estimate of drug-likeness (QED) is 0.682. The van der Waals surface area contributed by atoms with Crippen molar-refractivity contribution in [1.29, 1.82) is 0 Å². The van der Waals surface area contributed by atoms with Gasteiger partial charge in [0.2, 0.25) is 5.91 Å². The van der Waals surface area contributed by atoms with Gasteiger partial charge in [-0.05, 0) is 40.0 Å². The van der Waals surface area contributed by atoms with Gasteiger partial charge in [-0.2, -0.15) is 0 Å². The van der Waals surface area contributed by atoms with Crippen molar-refractivity contribution in [2.24, 2.45) is 5.73 Å². The second-order valence-electron chi connectivity index (χ2n) is 5.05. The van der Waals surface area contributed by atoms with Gasteiger partial charge in [0.05, 0.1) is 0 Å². The molecule has 0 saturated heterocycles. The molecular weight excluding hydrogens is 188 g/mol. The minimum absolute atomic E-state index is 0.0693. The van der Waals surface area contributed by atoms with Crippen LogP contribution in [-0.4, -0.2) is 17.5 Å². The fourth-order valence-electron chi connectivity index (χ4n) is 1.71. The summed E-state index contributed by atoms with van der Waals surface area (Å²) in [6.45, 7) is 8.24. The van der Waals surface area contributed by atoms with E-state index in [1.807, 2.05) is 6.92 Å². The Labute approximate surface area is 93.8 Å². The smallest absolute Gasteiger partial charge is 0.220 e. The van der Waals surface area contributed by atoms with E-state index in [2.05, 4.69) is 26.1 Å². The van der Waals surface area contributed by atoms with Crippen LogP contribution in [0.25, 0.3) is 0 Å². The Kier molecular flexibility index (Phi) is 6.57. The summed E-state index contributed by atoms with van der Waals surface area (Å²) in [5.74, 6) is 0.147. The van der Waals surface area contributed by atoms with Crippen molar-refractivity contribution < 1.29 is 4.79 Å². The maximum absolute atomic E-state index is 11.6. The highest BCUT2D eigenvalue weighted by molar-refractivity contribution is 5.76. The molecule has 90 valence electrons. The van der Waals surface area contributed by atoms with Crippen LogP contribution in [0.3, 0.4) is 0 Å². The molecule has 0 radical (unpaired) electrons. The van der Waals surface area contributed by atoms with Gasteiger partial charge >= 0.3 is 0 Å². The minimum Gasteiger partial charge on any atom is -0.351 e. The average Bonchev–Trinajstić information content (AvgIpc) is 2.01. The van der Waals surface area contributed by atoms with Crippen LogP contribution in [-0.2, 0) is 4.79 Å². The molecule has 3 nitrogen and oxygen atoms in total. The molecule has 1 unspecified atom stereocenters. The third-order valence-electron chi connectivity index (χ3n) is 2.42. The van der Waals surface area contributed by atoms with E-state index in [9.17, 15) is 4.79 Å². The molecular formula is C12H26N2O. The Hall–Kier alpha value is -0.570. The first-order chi connectivity index (χ1) is 6.87. The van der Waals surface area contributed by atoms with Crippen molar-refractivity contribution in [3.05, 3.63) is 0 Å². The maximum Gasteiger partial charge on any atom is 0.220 e. The molecule has 3 N–H and O–H groups in total. The van der Waals surface area contributed by atoms with Crippen molar-refractivity contribution in [2.75, 3.05) is 0 Å². The molecule has 0 fully saturated rings. The lowest BCUT2D eigenvalue weighted by Gasteiger charge is -2.25. The van der Waals surface area contributed by atoms with Gasteiger partial charge in [0.1, 0.15) is 0 Å². The minimum atomic E-state index is -0.0693.